The average molecular weight is 176 g/mol. The molecule has 0 bridgehead atoms. The SMILES string of the molecule is Cc1cc(C(N)=O)nc(C2CC2)c1. The number of aromatic nitrogens is 1. The zero-order valence-corrected chi connectivity index (χ0v) is 7.58. The molecule has 0 unspecified atom stereocenters. The van der Waals surface area contributed by atoms with Crippen LogP contribution in [0.2, 0.25) is 0 Å². The first-order valence-electron chi connectivity index (χ1n) is 4.45. The Morgan fingerprint density at radius 3 is 2.77 bits per heavy atom. The van der Waals surface area contributed by atoms with E-state index in [0.717, 1.165) is 11.3 Å². The van der Waals surface area contributed by atoms with E-state index >= 15 is 0 Å². The van der Waals surface area contributed by atoms with Gasteiger partial charge in [-0.2, -0.15) is 0 Å². The van der Waals surface area contributed by atoms with E-state index in [0.29, 0.717) is 11.6 Å². The Morgan fingerprint density at radius 1 is 1.54 bits per heavy atom. The maximum Gasteiger partial charge on any atom is 0.267 e. The summed E-state index contributed by atoms with van der Waals surface area (Å²) in [6, 6.07) is 3.76. The summed E-state index contributed by atoms with van der Waals surface area (Å²) >= 11 is 0. The molecule has 1 aromatic heterocycles. The van der Waals surface area contributed by atoms with Gasteiger partial charge in [-0.05, 0) is 37.5 Å². The first-order valence-corrected chi connectivity index (χ1v) is 4.45. The van der Waals surface area contributed by atoms with Crippen molar-refractivity contribution in [2.45, 2.75) is 25.7 Å². The predicted molar refractivity (Wildman–Crippen MR) is 49.5 cm³/mol. The number of aryl methyl sites for hydroxylation is 1. The highest BCUT2D eigenvalue weighted by atomic mass is 16.1. The van der Waals surface area contributed by atoms with Crippen LogP contribution in [0.3, 0.4) is 0 Å². The molecule has 1 saturated carbocycles. The fraction of sp³-hybridized carbons (Fsp3) is 0.400. The molecular weight excluding hydrogens is 164 g/mol. The lowest BCUT2D eigenvalue weighted by molar-refractivity contribution is 0.0995. The number of carbonyl (C=O) groups is 1. The van der Waals surface area contributed by atoms with Gasteiger partial charge >= 0.3 is 0 Å². The molecule has 68 valence electrons. The number of hydrogen-bond donors (Lipinski definition) is 1. The highest BCUT2D eigenvalue weighted by Gasteiger charge is 2.25. The van der Waals surface area contributed by atoms with E-state index < -0.39 is 5.91 Å². The Morgan fingerprint density at radius 2 is 2.23 bits per heavy atom. The standard InChI is InChI=1S/C10H12N2O/c1-6-4-8(7-2-3-7)12-9(5-6)10(11)13/h4-5,7H,2-3H2,1H3,(H2,11,13). The third-order valence-electron chi connectivity index (χ3n) is 2.24. The first-order chi connectivity index (χ1) is 6.16. The summed E-state index contributed by atoms with van der Waals surface area (Å²) in [6.07, 6.45) is 2.38. The predicted octanol–water partition coefficient (Wildman–Crippen LogP) is 1.37. The third kappa shape index (κ3) is 1.69. The lowest BCUT2D eigenvalue weighted by Crippen LogP contribution is -2.14. The molecule has 1 aliphatic rings. The Bertz CT molecular complexity index is 356. The minimum Gasteiger partial charge on any atom is -0.364 e. The van der Waals surface area contributed by atoms with Gasteiger partial charge in [0.25, 0.3) is 5.91 Å². The zero-order chi connectivity index (χ0) is 9.42. The van der Waals surface area contributed by atoms with Crippen LogP contribution in [0.25, 0.3) is 0 Å². The molecule has 3 nitrogen and oxygen atoms in total. The van der Waals surface area contributed by atoms with Crippen LogP contribution in [0.15, 0.2) is 12.1 Å². The molecule has 0 radical (unpaired) electrons. The lowest BCUT2D eigenvalue weighted by Gasteiger charge is -2.02. The topological polar surface area (TPSA) is 56.0 Å². The zero-order valence-electron chi connectivity index (χ0n) is 7.58. The second kappa shape index (κ2) is 2.83. The van der Waals surface area contributed by atoms with Gasteiger partial charge in [-0.25, -0.2) is 4.98 Å². The summed E-state index contributed by atoms with van der Waals surface area (Å²) in [7, 11) is 0. The van der Waals surface area contributed by atoms with E-state index in [4.69, 9.17) is 5.73 Å². The fourth-order valence-electron chi connectivity index (χ4n) is 1.41. The van der Waals surface area contributed by atoms with E-state index in [1.54, 1.807) is 6.07 Å². The van der Waals surface area contributed by atoms with Gasteiger partial charge in [0, 0.05) is 11.6 Å². The molecule has 2 N–H and O–H groups in total. The molecule has 1 amide bonds. The first kappa shape index (κ1) is 8.23. The highest BCUT2D eigenvalue weighted by Crippen LogP contribution is 2.39. The number of carbonyl (C=O) groups excluding carboxylic acids is 1. The van der Waals surface area contributed by atoms with Gasteiger partial charge < -0.3 is 5.73 Å². The largest absolute Gasteiger partial charge is 0.364 e. The van der Waals surface area contributed by atoms with Crippen LogP contribution < -0.4 is 5.73 Å². The molecule has 0 saturated heterocycles. The van der Waals surface area contributed by atoms with Crippen molar-refractivity contribution in [1.82, 2.24) is 4.98 Å². The number of amides is 1. The molecule has 0 atom stereocenters. The Kier molecular flexibility index (Phi) is 1.79. The second-order valence-electron chi connectivity index (χ2n) is 3.59. The van der Waals surface area contributed by atoms with E-state index in [9.17, 15) is 4.79 Å². The van der Waals surface area contributed by atoms with Gasteiger partial charge in [0.2, 0.25) is 0 Å². The minimum absolute atomic E-state index is 0.391. The molecular formula is C10H12N2O. The molecule has 1 aromatic rings. The van der Waals surface area contributed by atoms with Gasteiger partial charge in [-0.3, -0.25) is 4.79 Å². The third-order valence-corrected chi connectivity index (χ3v) is 2.24. The summed E-state index contributed by atoms with van der Waals surface area (Å²) in [5, 5.41) is 0. The lowest BCUT2D eigenvalue weighted by atomic mass is 10.1. The molecule has 1 aliphatic carbocycles. The van der Waals surface area contributed by atoms with E-state index in [2.05, 4.69) is 4.98 Å². The summed E-state index contributed by atoms with van der Waals surface area (Å²) in [4.78, 5) is 15.1. The normalized spacial score (nSPS) is 15.8. The van der Waals surface area contributed by atoms with Gasteiger partial charge in [-0.15, -0.1) is 0 Å². The van der Waals surface area contributed by atoms with Crippen molar-refractivity contribution < 1.29 is 4.79 Å². The Labute approximate surface area is 77.0 Å². The fourth-order valence-corrected chi connectivity index (χ4v) is 1.41. The van der Waals surface area contributed by atoms with Crippen molar-refractivity contribution in [2.24, 2.45) is 5.73 Å². The van der Waals surface area contributed by atoms with Crippen LogP contribution >= 0.6 is 0 Å². The monoisotopic (exact) mass is 176 g/mol. The van der Waals surface area contributed by atoms with Crippen molar-refractivity contribution in [3.63, 3.8) is 0 Å². The van der Waals surface area contributed by atoms with Gasteiger partial charge in [-0.1, -0.05) is 0 Å². The molecule has 2 rings (SSSR count). The van der Waals surface area contributed by atoms with Crippen molar-refractivity contribution in [3.05, 3.63) is 29.1 Å². The Balaban J connectivity index is 2.41. The highest BCUT2D eigenvalue weighted by molar-refractivity contribution is 5.90. The van der Waals surface area contributed by atoms with Crippen LogP contribution in [0.1, 0.15) is 40.5 Å². The molecule has 1 fully saturated rings. The summed E-state index contributed by atoms with van der Waals surface area (Å²) in [6.45, 7) is 1.96. The average Bonchev–Trinajstić information content (AvgIpc) is 2.85. The maximum absolute atomic E-state index is 10.9. The van der Waals surface area contributed by atoms with Crippen LogP contribution in [-0.2, 0) is 0 Å². The van der Waals surface area contributed by atoms with Gasteiger partial charge in [0.05, 0.1) is 0 Å². The van der Waals surface area contributed by atoms with Crippen molar-refractivity contribution in [1.29, 1.82) is 0 Å². The summed E-state index contributed by atoms with van der Waals surface area (Å²) in [5.41, 5.74) is 7.64. The van der Waals surface area contributed by atoms with Gasteiger partial charge in [0.15, 0.2) is 0 Å². The van der Waals surface area contributed by atoms with E-state index in [-0.39, 0.29) is 0 Å². The quantitative estimate of drug-likeness (QED) is 0.739. The van der Waals surface area contributed by atoms with Crippen LogP contribution in [0.4, 0.5) is 0 Å². The number of nitrogens with zero attached hydrogens (tertiary/aromatic N) is 1. The summed E-state index contributed by atoms with van der Waals surface area (Å²) in [5.74, 6) is 0.128. The molecule has 0 aromatic carbocycles. The van der Waals surface area contributed by atoms with Crippen molar-refractivity contribution >= 4 is 5.91 Å². The van der Waals surface area contributed by atoms with Crippen LogP contribution in [-0.4, -0.2) is 10.9 Å². The maximum atomic E-state index is 10.9. The number of rotatable bonds is 2. The van der Waals surface area contributed by atoms with Crippen LogP contribution in [0.5, 0.6) is 0 Å². The number of nitrogens with two attached hydrogens (primary N) is 1. The summed E-state index contributed by atoms with van der Waals surface area (Å²) < 4.78 is 0. The second-order valence-corrected chi connectivity index (χ2v) is 3.59. The van der Waals surface area contributed by atoms with Crippen molar-refractivity contribution in [3.8, 4) is 0 Å². The van der Waals surface area contributed by atoms with E-state index in [1.165, 1.54) is 12.8 Å². The Hall–Kier alpha value is -1.38. The number of pyridine rings is 1. The van der Waals surface area contributed by atoms with Crippen molar-refractivity contribution in [2.75, 3.05) is 0 Å². The minimum atomic E-state index is -0.439. The molecule has 3 heteroatoms. The molecule has 1 heterocycles. The number of primary amides is 1. The molecule has 0 aliphatic heterocycles. The van der Waals surface area contributed by atoms with E-state index in [1.807, 2.05) is 13.0 Å². The molecule has 13 heavy (non-hydrogen) atoms. The smallest absolute Gasteiger partial charge is 0.267 e. The van der Waals surface area contributed by atoms with Crippen LogP contribution in [0, 0.1) is 6.92 Å². The number of hydrogen-bond acceptors (Lipinski definition) is 2. The molecule has 0 spiro atoms. The van der Waals surface area contributed by atoms with Gasteiger partial charge in [0.1, 0.15) is 5.69 Å².